The molecule has 0 amide bonds. The lowest BCUT2D eigenvalue weighted by Gasteiger charge is -2.34. The van der Waals surface area contributed by atoms with Crippen LogP contribution in [-0.2, 0) is 35.6 Å². The number of carboxylic acid groups (broad SMARTS) is 1. The van der Waals surface area contributed by atoms with E-state index < -0.39 is 12.1 Å². The Bertz CT molecular complexity index is 2550. The molecule has 0 aliphatic carbocycles. The predicted molar refractivity (Wildman–Crippen MR) is 233 cm³/mol. The van der Waals surface area contributed by atoms with E-state index in [4.69, 9.17) is 30.8 Å². The van der Waals surface area contributed by atoms with Crippen LogP contribution in [0.1, 0.15) is 52.7 Å². The van der Waals surface area contributed by atoms with Crippen LogP contribution in [-0.4, -0.2) is 105 Å². The van der Waals surface area contributed by atoms with Crippen molar-refractivity contribution in [3.05, 3.63) is 118 Å². The zero-order valence-corrected chi connectivity index (χ0v) is 35.7. The molecule has 15 heteroatoms. The molecule has 4 bridgehead atoms. The maximum atomic E-state index is 14.2. The number of ether oxygens (including phenoxy) is 3. The first kappa shape index (κ1) is 41.3. The summed E-state index contributed by atoms with van der Waals surface area (Å²) in [7, 11) is 2.16. The van der Waals surface area contributed by atoms with Crippen LogP contribution in [0.25, 0.3) is 31.8 Å². The topological polar surface area (TPSA) is 126 Å². The van der Waals surface area contributed by atoms with Gasteiger partial charge in [-0.2, -0.15) is 0 Å². The molecule has 10 rings (SSSR count). The van der Waals surface area contributed by atoms with Gasteiger partial charge in [0.25, 0.3) is 0 Å². The first-order chi connectivity index (χ1) is 29.7. The van der Waals surface area contributed by atoms with E-state index in [0.29, 0.717) is 57.8 Å². The van der Waals surface area contributed by atoms with E-state index in [1.54, 1.807) is 18.3 Å². The Labute approximate surface area is 362 Å². The predicted octanol–water partition coefficient (Wildman–Crippen LogP) is 7.98. The molecule has 316 valence electrons. The largest absolute Gasteiger partial charge is 0.487 e. The summed E-state index contributed by atoms with van der Waals surface area (Å²) in [6.07, 6.45) is 3.43. The number of aliphatic carboxylic acids is 1. The van der Waals surface area contributed by atoms with E-state index in [2.05, 4.69) is 48.8 Å². The van der Waals surface area contributed by atoms with Crippen molar-refractivity contribution >= 4 is 39.1 Å². The van der Waals surface area contributed by atoms with E-state index in [-0.39, 0.29) is 30.8 Å². The molecule has 0 spiro atoms. The van der Waals surface area contributed by atoms with Crippen molar-refractivity contribution in [2.24, 2.45) is 0 Å². The lowest BCUT2D eigenvalue weighted by molar-refractivity contribution is -0.145. The molecule has 7 heterocycles. The van der Waals surface area contributed by atoms with Crippen molar-refractivity contribution in [1.82, 2.24) is 34.6 Å². The van der Waals surface area contributed by atoms with Gasteiger partial charge in [0.2, 0.25) is 12.0 Å². The van der Waals surface area contributed by atoms with Crippen LogP contribution in [0.5, 0.6) is 11.6 Å². The smallest absolute Gasteiger partial charge is 0.345 e. The van der Waals surface area contributed by atoms with Gasteiger partial charge in [-0.1, -0.05) is 48.0 Å². The Morgan fingerprint density at radius 2 is 1.80 bits per heavy atom. The van der Waals surface area contributed by atoms with Crippen LogP contribution in [0, 0.1) is 12.7 Å². The molecule has 1 N–H and O–H groups in total. The fourth-order valence-corrected chi connectivity index (χ4v) is 9.76. The van der Waals surface area contributed by atoms with Gasteiger partial charge in [-0.15, -0.1) is 11.3 Å². The number of likely N-dealkylation sites (N-methyl/N-ethyl adjacent to an activating group) is 1. The first-order valence-electron chi connectivity index (χ1n) is 20.7. The molecule has 2 atom stereocenters. The number of fused-ring (bicyclic) bond motifs is 6. The molecular formula is C46H47ClFN7O5S. The minimum atomic E-state index is -1.35. The first-order valence-corrected chi connectivity index (χ1v) is 21.9. The van der Waals surface area contributed by atoms with Gasteiger partial charge in [0.1, 0.15) is 35.4 Å². The molecule has 4 aliphatic rings. The summed E-state index contributed by atoms with van der Waals surface area (Å²) < 4.78 is 33.0. The number of halogens is 2. The number of rotatable bonds is 9. The number of carbonyl (C=O) groups is 1. The molecule has 3 aromatic carbocycles. The van der Waals surface area contributed by atoms with Crippen LogP contribution < -0.4 is 9.47 Å². The number of piperazine rings is 1. The van der Waals surface area contributed by atoms with Crippen molar-refractivity contribution < 1.29 is 28.5 Å². The molecule has 61 heavy (non-hydrogen) atoms. The normalized spacial score (nSPS) is 19.0. The van der Waals surface area contributed by atoms with Gasteiger partial charge < -0.3 is 24.2 Å². The number of aromatic nitrogens is 4. The fourth-order valence-electron chi connectivity index (χ4n) is 8.39. The summed E-state index contributed by atoms with van der Waals surface area (Å²) in [6, 6.07) is 18.2. The summed E-state index contributed by atoms with van der Waals surface area (Å²) >= 11 is 8.77. The van der Waals surface area contributed by atoms with Gasteiger partial charge in [0.05, 0.1) is 11.1 Å². The van der Waals surface area contributed by atoms with E-state index in [9.17, 15) is 14.3 Å². The number of hydrogen-bond donors (Lipinski definition) is 1. The van der Waals surface area contributed by atoms with Crippen LogP contribution in [0.2, 0.25) is 5.02 Å². The SMILES string of the molecule is Cc1c2ccc(c1Cl)CN(CCN1CCN(C)CC1)Cc1ccc(OCc3ccnc(C4CCCO4)n3)c(c1)C[C@H](C(=O)O)Oc1ncnc3sc(-c4ccc(F)cc4)c-2c13. The maximum Gasteiger partial charge on any atom is 0.345 e. The van der Waals surface area contributed by atoms with Gasteiger partial charge in [0.15, 0.2) is 5.82 Å². The highest BCUT2D eigenvalue weighted by atomic mass is 35.5. The highest BCUT2D eigenvalue weighted by Crippen LogP contribution is 2.49. The molecule has 0 radical (unpaired) electrons. The Kier molecular flexibility index (Phi) is 12.2. The second kappa shape index (κ2) is 18.1. The second-order valence-corrected chi connectivity index (χ2v) is 17.4. The summed E-state index contributed by atoms with van der Waals surface area (Å²) in [5.74, 6) is -0.226. The van der Waals surface area contributed by atoms with Crippen molar-refractivity contribution in [3.8, 4) is 33.2 Å². The summed E-state index contributed by atoms with van der Waals surface area (Å²) in [4.78, 5) is 40.3. The van der Waals surface area contributed by atoms with E-state index in [1.165, 1.54) is 29.8 Å². The quantitative estimate of drug-likeness (QED) is 0.152. The van der Waals surface area contributed by atoms with E-state index >= 15 is 0 Å². The summed E-state index contributed by atoms with van der Waals surface area (Å²) in [5, 5.41) is 12.0. The zero-order chi connectivity index (χ0) is 42.0. The van der Waals surface area contributed by atoms with Crippen molar-refractivity contribution in [1.29, 1.82) is 0 Å². The highest BCUT2D eigenvalue weighted by Gasteiger charge is 2.29. The number of nitrogens with zero attached hydrogens (tertiary/aromatic N) is 7. The Morgan fingerprint density at radius 3 is 2.59 bits per heavy atom. The number of carboxylic acids is 1. The number of benzene rings is 3. The molecule has 2 fully saturated rings. The average Bonchev–Trinajstić information content (AvgIpc) is 3.95. The second-order valence-electron chi connectivity index (χ2n) is 16.0. The van der Waals surface area contributed by atoms with Crippen LogP contribution in [0.15, 0.2) is 73.2 Å². The third-order valence-electron chi connectivity index (χ3n) is 11.8. The van der Waals surface area contributed by atoms with Crippen molar-refractivity contribution in [2.45, 2.75) is 58.1 Å². The standard InChI is InChI=1S/C46H47ClFN7O5S/c1-28-35-11-8-31(41(28)47)25-55(20-19-54-17-15-53(2)16-18-54)24-29-5-12-36(59-26-34-13-14-49-43(52-34)37-4-3-21-58-37)32(22-29)23-38(46(56)57)60-44-40-39(35)42(61-45(40)51-27-50-44)30-6-9-33(48)10-7-30/h5-14,22,27,37-38H,3-4,15-21,23-26H2,1-2H3,(H,56,57)/t37?,38-/m1/s1. The summed E-state index contributed by atoms with van der Waals surface area (Å²) in [6.45, 7) is 9.75. The lowest BCUT2D eigenvalue weighted by Crippen LogP contribution is -2.46. The summed E-state index contributed by atoms with van der Waals surface area (Å²) in [5.41, 5.74) is 6.55. The molecule has 12 nitrogen and oxygen atoms in total. The molecule has 4 aliphatic heterocycles. The highest BCUT2D eigenvalue weighted by molar-refractivity contribution is 7.22. The monoisotopic (exact) mass is 863 g/mol. The maximum absolute atomic E-state index is 14.2. The minimum absolute atomic E-state index is 0.0147. The Hall–Kier alpha value is -5.09. The third kappa shape index (κ3) is 9.11. The van der Waals surface area contributed by atoms with Gasteiger partial charge >= 0.3 is 5.97 Å². The molecule has 1 unspecified atom stereocenters. The van der Waals surface area contributed by atoms with E-state index in [0.717, 1.165) is 90.4 Å². The van der Waals surface area contributed by atoms with Crippen LogP contribution in [0.3, 0.4) is 0 Å². The van der Waals surface area contributed by atoms with E-state index in [1.807, 2.05) is 31.2 Å². The number of thiophene rings is 1. The van der Waals surface area contributed by atoms with Gasteiger partial charge in [-0.25, -0.2) is 29.1 Å². The fraction of sp³-hybridized carbons (Fsp3) is 0.370. The lowest BCUT2D eigenvalue weighted by atomic mass is 9.94. The zero-order valence-electron chi connectivity index (χ0n) is 34.2. The van der Waals surface area contributed by atoms with Crippen molar-refractivity contribution in [2.75, 3.05) is 52.9 Å². The van der Waals surface area contributed by atoms with Gasteiger partial charge in [0, 0.05) is 87.0 Å². The molecular weight excluding hydrogens is 817 g/mol. The molecule has 3 aromatic heterocycles. The minimum Gasteiger partial charge on any atom is -0.487 e. The average molecular weight is 864 g/mol. The Balaban J connectivity index is 1.14. The van der Waals surface area contributed by atoms with Crippen LogP contribution in [0.4, 0.5) is 4.39 Å². The van der Waals surface area contributed by atoms with Gasteiger partial charge in [-0.3, -0.25) is 9.80 Å². The van der Waals surface area contributed by atoms with Crippen molar-refractivity contribution in [3.63, 3.8) is 0 Å². The third-order valence-corrected chi connectivity index (χ3v) is 13.5. The molecule has 6 aromatic rings. The molecule has 0 saturated carbocycles. The van der Waals surface area contributed by atoms with Gasteiger partial charge in [-0.05, 0) is 84.5 Å². The number of hydrogen-bond acceptors (Lipinski definition) is 12. The molecule has 2 saturated heterocycles. The van der Waals surface area contributed by atoms with Crippen LogP contribution >= 0.6 is 22.9 Å². The Morgan fingerprint density at radius 1 is 0.984 bits per heavy atom.